The highest BCUT2D eigenvalue weighted by molar-refractivity contribution is 6.01. The van der Waals surface area contributed by atoms with Crippen LogP contribution in [-0.4, -0.2) is 16.1 Å². The molecule has 3 heteroatoms. The standard InChI is InChI=1S/C13H13NO2/c1-2-4-10-8-7-9-5-3-6-11(13(15)16)12(9)14-10/h3,5-8H,2,4H2,1H3,(H,15,16). The molecule has 0 aliphatic heterocycles. The molecule has 82 valence electrons. The molecule has 1 aromatic heterocycles. The van der Waals surface area contributed by atoms with Crippen LogP contribution < -0.4 is 0 Å². The minimum atomic E-state index is -0.924. The Morgan fingerprint density at radius 2 is 2.12 bits per heavy atom. The molecular formula is C13H13NO2. The first-order chi connectivity index (χ1) is 7.72. The fourth-order valence-corrected chi connectivity index (χ4v) is 1.76. The molecule has 0 radical (unpaired) electrons. The minimum absolute atomic E-state index is 0.274. The zero-order chi connectivity index (χ0) is 11.5. The van der Waals surface area contributed by atoms with Crippen molar-refractivity contribution in [2.45, 2.75) is 19.8 Å². The predicted octanol–water partition coefficient (Wildman–Crippen LogP) is 2.89. The van der Waals surface area contributed by atoms with Gasteiger partial charge in [0.25, 0.3) is 0 Å². The molecule has 1 heterocycles. The summed E-state index contributed by atoms with van der Waals surface area (Å²) in [6.07, 6.45) is 1.89. The zero-order valence-electron chi connectivity index (χ0n) is 9.10. The monoisotopic (exact) mass is 215 g/mol. The van der Waals surface area contributed by atoms with E-state index in [4.69, 9.17) is 5.11 Å². The number of aryl methyl sites for hydroxylation is 1. The van der Waals surface area contributed by atoms with Crippen LogP contribution in [0.4, 0.5) is 0 Å². The number of carbonyl (C=O) groups is 1. The number of para-hydroxylation sites is 1. The van der Waals surface area contributed by atoms with E-state index in [1.54, 1.807) is 12.1 Å². The van der Waals surface area contributed by atoms with Gasteiger partial charge in [-0.25, -0.2) is 4.79 Å². The van der Waals surface area contributed by atoms with Crippen LogP contribution in [0.1, 0.15) is 29.4 Å². The van der Waals surface area contributed by atoms with Gasteiger partial charge < -0.3 is 5.11 Å². The van der Waals surface area contributed by atoms with Crippen molar-refractivity contribution < 1.29 is 9.90 Å². The number of aromatic nitrogens is 1. The first-order valence-corrected chi connectivity index (χ1v) is 5.34. The summed E-state index contributed by atoms with van der Waals surface area (Å²) in [4.78, 5) is 15.4. The van der Waals surface area contributed by atoms with Gasteiger partial charge in [0.05, 0.1) is 11.1 Å². The topological polar surface area (TPSA) is 50.2 Å². The predicted molar refractivity (Wildman–Crippen MR) is 62.7 cm³/mol. The summed E-state index contributed by atoms with van der Waals surface area (Å²) in [5.74, 6) is -0.924. The Kier molecular flexibility index (Phi) is 2.86. The summed E-state index contributed by atoms with van der Waals surface area (Å²) < 4.78 is 0. The lowest BCUT2D eigenvalue weighted by atomic mass is 10.1. The number of aromatic carboxylic acids is 1. The second-order valence-electron chi connectivity index (χ2n) is 3.74. The molecule has 0 saturated carbocycles. The third-order valence-corrected chi connectivity index (χ3v) is 2.51. The molecule has 3 nitrogen and oxygen atoms in total. The van der Waals surface area contributed by atoms with Crippen molar-refractivity contribution in [2.75, 3.05) is 0 Å². The van der Waals surface area contributed by atoms with Crippen LogP contribution >= 0.6 is 0 Å². The molecule has 0 unspecified atom stereocenters. The molecule has 0 aliphatic rings. The van der Waals surface area contributed by atoms with E-state index in [-0.39, 0.29) is 5.56 Å². The van der Waals surface area contributed by atoms with Gasteiger partial charge in [-0.2, -0.15) is 0 Å². The van der Waals surface area contributed by atoms with Crippen LogP contribution in [0.5, 0.6) is 0 Å². The number of hydrogen-bond donors (Lipinski definition) is 1. The maximum atomic E-state index is 11.0. The summed E-state index contributed by atoms with van der Waals surface area (Å²) in [5.41, 5.74) is 1.81. The van der Waals surface area contributed by atoms with Gasteiger partial charge >= 0.3 is 5.97 Å². The lowest BCUT2D eigenvalue weighted by Crippen LogP contribution is -2.00. The molecule has 1 aromatic carbocycles. The SMILES string of the molecule is CCCc1ccc2cccc(C(=O)O)c2n1. The molecule has 0 amide bonds. The number of benzene rings is 1. The maximum Gasteiger partial charge on any atom is 0.337 e. The van der Waals surface area contributed by atoms with Gasteiger partial charge in [0, 0.05) is 11.1 Å². The van der Waals surface area contributed by atoms with Gasteiger partial charge in [-0.05, 0) is 18.6 Å². The minimum Gasteiger partial charge on any atom is -0.478 e. The molecular weight excluding hydrogens is 202 g/mol. The Bertz CT molecular complexity index is 534. The summed E-state index contributed by atoms with van der Waals surface area (Å²) in [6.45, 7) is 2.08. The van der Waals surface area contributed by atoms with Crippen LogP contribution in [0.2, 0.25) is 0 Å². The second kappa shape index (κ2) is 4.31. The van der Waals surface area contributed by atoms with E-state index >= 15 is 0 Å². The summed E-state index contributed by atoms with van der Waals surface area (Å²) >= 11 is 0. The molecule has 0 saturated heterocycles. The van der Waals surface area contributed by atoms with E-state index in [0.717, 1.165) is 23.9 Å². The van der Waals surface area contributed by atoms with Crippen molar-refractivity contribution in [3.63, 3.8) is 0 Å². The third-order valence-electron chi connectivity index (χ3n) is 2.51. The third kappa shape index (κ3) is 1.89. The largest absolute Gasteiger partial charge is 0.478 e. The average molecular weight is 215 g/mol. The molecule has 0 fully saturated rings. The van der Waals surface area contributed by atoms with E-state index in [1.165, 1.54) is 0 Å². The Labute approximate surface area is 93.7 Å². The Hall–Kier alpha value is -1.90. The normalized spacial score (nSPS) is 10.6. The maximum absolute atomic E-state index is 11.0. The first kappa shape index (κ1) is 10.6. The van der Waals surface area contributed by atoms with Crippen molar-refractivity contribution in [2.24, 2.45) is 0 Å². The lowest BCUT2D eigenvalue weighted by Gasteiger charge is -2.04. The number of carboxylic acids is 1. The molecule has 16 heavy (non-hydrogen) atoms. The molecule has 0 bridgehead atoms. The van der Waals surface area contributed by atoms with Gasteiger partial charge in [0.1, 0.15) is 0 Å². The highest BCUT2D eigenvalue weighted by Crippen LogP contribution is 2.17. The highest BCUT2D eigenvalue weighted by Gasteiger charge is 2.09. The molecule has 1 N–H and O–H groups in total. The molecule has 0 aliphatic carbocycles. The van der Waals surface area contributed by atoms with E-state index in [2.05, 4.69) is 11.9 Å². The Balaban J connectivity index is 2.63. The number of hydrogen-bond acceptors (Lipinski definition) is 2. The molecule has 2 rings (SSSR count). The number of fused-ring (bicyclic) bond motifs is 1. The van der Waals surface area contributed by atoms with E-state index < -0.39 is 5.97 Å². The number of rotatable bonds is 3. The summed E-state index contributed by atoms with van der Waals surface area (Å²) in [6, 6.07) is 9.10. The van der Waals surface area contributed by atoms with Crippen LogP contribution in [0, 0.1) is 0 Å². The zero-order valence-corrected chi connectivity index (χ0v) is 9.10. The number of pyridine rings is 1. The summed E-state index contributed by atoms with van der Waals surface area (Å²) in [5, 5.41) is 9.94. The fraction of sp³-hybridized carbons (Fsp3) is 0.231. The molecule has 2 aromatic rings. The smallest absolute Gasteiger partial charge is 0.337 e. The van der Waals surface area contributed by atoms with E-state index in [9.17, 15) is 4.79 Å². The van der Waals surface area contributed by atoms with Crippen molar-refractivity contribution in [1.82, 2.24) is 4.98 Å². The Morgan fingerprint density at radius 1 is 1.31 bits per heavy atom. The number of nitrogens with zero attached hydrogens (tertiary/aromatic N) is 1. The first-order valence-electron chi connectivity index (χ1n) is 5.34. The van der Waals surface area contributed by atoms with E-state index in [1.807, 2.05) is 18.2 Å². The average Bonchev–Trinajstić information content (AvgIpc) is 2.28. The van der Waals surface area contributed by atoms with Gasteiger partial charge in [-0.1, -0.05) is 31.5 Å². The number of carboxylic acid groups (broad SMARTS) is 1. The van der Waals surface area contributed by atoms with Crippen molar-refractivity contribution in [3.05, 3.63) is 41.6 Å². The highest BCUT2D eigenvalue weighted by atomic mass is 16.4. The quantitative estimate of drug-likeness (QED) is 0.856. The van der Waals surface area contributed by atoms with Crippen LogP contribution in [0.3, 0.4) is 0 Å². The molecule has 0 atom stereocenters. The van der Waals surface area contributed by atoms with Gasteiger partial charge in [-0.3, -0.25) is 4.98 Å². The van der Waals surface area contributed by atoms with Crippen LogP contribution in [-0.2, 0) is 6.42 Å². The van der Waals surface area contributed by atoms with Gasteiger partial charge in [0.15, 0.2) is 0 Å². The Morgan fingerprint density at radius 3 is 2.81 bits per heavy atom. The van der Waals surface area contributed by atoms with Crippen molar-refractivity contribution >= 4 is 16.9 Å². The fourth-order valence-electron chi connectivity index (χ4n) is 1.76. The molecule has 0 spiro atoms. The van der Waals surface area contributed by atoms with Gasteiger partial charge in [-0.15, -0.1) is 0 Å². The lowest BCUT2D eigenvalue weighted by molar-refractivity contribution is 0.0699. The van der Waals surface area contributed by atoms with E-state index in [0.29, 0.717) is 5.52 Å². The van der Waals surface area contributed by atoms with Crippen LogP contribution in [0.15, 0.2) is 30.3 Å². The van der Waals surface area contributed by atoms with Crippen molar-refractivity contribution in [1.29, 1.82) is 0 Å². The second-order valence-corrected chi connectivity index (χ2v) is 3.74. The van der Waals surface area contributed by atoms with Gasteiger partial charge in [0.2, 0.25) is 0 Å². The van der Waals surface area contributed by atoms with Crippen molar-refractivity contribution in [3.8, 4) is 0 Å². The van der Waals surface area contributed by atoms with Crippen LogP contribution in [0.25, 0.3) is 10.9 Å². The summed E-state index contributed by atoms with van der Waals surface area (Å²) in [7, 11) is 0.